The average Bonchev–Trinajstić information content (AvgIpc) is 3.34. The zero-order valence-electron chi connectivity index (χ0n) is 16.3. The lowest BCUT2D eigenvalue weighted by molar-refractivity contribution is -0.137. The molecule has 0 radical (unpaired) electrons. The molecule has 1 fully saturated rings. The van der Waals surface area contributed by atoms with Gasteiger partial charge in [0.2, 0.25) is 0 Å². The Morgan fingerprint density at radius 3 is 2.21 bits per heavy atom. The van der Waals surface area contributed by atoms with Crippen LogP contribution < -0.4 is 0 Å². The summed E-state index contributed by atoms with van der Waals surface area (Å²) in [7, 11) is 0. The summed E-state index contributed by atoms with van der Waals surface area (Å²) >= 11 is 0. The molecule has 0 spiro atoms. The Kier molecular flexibility index (Phi) is 6.28. The quantitative estimate of drug-likeness (QED) is 0.376. The van der Waals surface area contributed by atoms with Crippen LogP contribution in [0.25, 0.3) is 0 Å². The maximum absolute atomic E-state index is 12.6. The van der Waals surface area contributed by atoms with Gasteiger partial charge in [0.15, 0.2) is 0 Å². The van der Waals surface area contributed by atoms with E-state index in [1.165, 1.54) is 16.8 Å². The molecule has 4 heteroatoms. The summed E-state index contributed by atoms with van der Waals surface area (Å²) < 4.78 is 37.8. The van der Waals surface area contributed by atoms with Crippen LogP contribution in [-0.2, 0) is 19.1 Å². The van der Waals surface area contributed by atoms with Gasteiger partial charge in [0.1, 0.15) is 0 Å². The van der Waals surface area contributed by atoms with E-state index < -0.39 is 11.7 Å². The van der Waals surface area contributed by atoms with Crippen LogP contribution in [-0.4, -0.2) is 10.9 Å². The van der Waals surface area contributed by atoms with E-state index in [9.17, 15) is 13.2 Å². The molecule has 2 aromatic carbocycles. The van der Waals surface area contributed by atoms with Crippen LogP contribution in [0.5, 0.6) is 0 Å². The standard InChI is InChI=1S/C24H26F3N/c1-18(2)23-22(28(23)17-20-10-6-3-7-11-20)12-8-4-5-9-19-13-15-21(16-14-19)24(25,26)27/h3-4,6-8,10-11,13-16,22H,5,9,12,17H2,1-2H3/b8-4+. The normalized spacial score (nSPS) is 16.7. The van der Waals surface area contributed by atoms with E-state index in [1.807, 2.05) is 6.07 Å². The minimum Gasteiger partial charge on any atom is -0.360 e. The minimum atomic E-state index is -4.27. The van der Waals surface area contributed by atoms with E-state index in [-0.39, 0.29) is 0 Å². The highest BCUT2D eigenvalue weighted by molar-refractivity contribution is 5.33. The summed E-state index contributed by atoms with van der Waals surface area (Å²) in [4.78, 5) is 2.44. The van der Waals surface area contributed by atoms with Crippen LogP contribution in [0.4, 0.5) is 13.2 Å². The molecule has 0 aliphatic carbocycles. The number of allylic oxidation sites excluding steroid dienone is 2. The van der Waals surface area contributed by atoms with Gasteiger partial charge in [-0.15, -0.1) is 0 Å². The van der Waals surface area contributed by atoms with Crippen molar-refractivity contribution >= 4 is 0 Å². The summed E-state index contributed by atoms with van der Waals surface area (Å²) in [5.41, 5.74) is 4.44. The molecule has 3 rings (SSSR count). The zero-order valence-corrected chi connectivity index (χ0v) is 16.3. The first-order valence-corrected chi connectivity index (χ1v) is 9.65. The fourth-order valence-corrected chi connectivity index (χ4v) is 3.57. The van der Waals surface area contributed by atoms with Gasteiger partial charge >= 0.3 is 6.18 Å². The van der Waals surface area contributed by atoms with Crippen molar-refractivity contribution in [1.29, 1.82) is 0 Å². The topological polar surface area (TPSA) is 3.01 Å². The Balaban J connectivity index is 1.47. The molecule has 0 amide bonds. The maximum atomic E-state index is 12.6. The Morgan fingerprint density at radius 1 is 0.929 bits per heavy atom. The van der Waals surface area contributed by atoms with Crippen molar-refractivity contribution in [3.05, 3.63) is 94.7 Å². The van der Waals surface area contributed by atoms with Crippen molar-refractivity contribution in [2.75, 3.05) is 0 Å². The fourth-order valence-electron chi connectivity index (χ4n) is 3.57. The monoisotopic (exact) mass is 385 g/mol. The first-order valence-electron chi connectivity index (χ1n) is 9.65. The number of alkyl halides is 3. The molecule has 1 atom stereocenters. The number of nitrogens with zero attached hydrogens (tertiary/aromatic N) is 1. The van der Waals surface area contributed by atoms with Crippen molar-refractivity contribution in [1.82, 2.24) is 4.90 Å². The van der Waals surface area contributed by atoms with Crippen LogP contribution >= 0.6 is 0 Å². The number of aryl methyl sites for hydroxylation is 1. The summed E-state index contributed by atoms with van der Waals surface area (Å²) in [5, 5.41) is 0. The number of benzene rings is 2. The number of rotatable bonds is 7. The van der Waals surface area contributed by atoms with Crippen molar-refractivity contribution in [3.8, 4) is 0 Å². The van der Waals surface area contributed by atoms with Gasteiger partial charge in [-0.25, -0.2) is 0 Å². The molecular formula is C24H26F3N. The summed E-state index contributed by atoms with van der Waals surface area (Å²) in [5.74, 6) is 0. The average molecular weight is 385 g/mol. The Bertz CT molecular complexity index is 828. The van der Waals surface area contributed by atoms with Crippen LogP contribution in [0.2, 0.25) is 0 Å². The van der Waals surface area contributed by atoms with Crippen LogP contribution in [0.1, 0.15) is 43.4 Å². The highest BCUT2D eigenvalue weighted by atomic mass is 19.4. The molecule has 1 aliphatic rings. The molecule has 1 aliphatic heterocycles. The lowest BCUT2D eigenvalue weighted by Gasteiger charge is -2.07. The molecule has 0 bridgehead atoms. The molecular weight excluding hydrogens is 359 g/mol. The van der Waals surface area contributed by atoms with Gasteiger partial charge in [-0.2, -0.15) is 13.2 Å². The second kappa shape index (κ2) is 8.68. The van der Waals surface area contributed by atoms with E-state index in [0.717, 1.165) is 43.5 Å². The van der Waals surface area contributed by atoms with E-state index in [4.69, 9.17) is 0 Å². The number of hydrogen-bond acceptors (Lipinski definition) is 1. The van der Waals surface area contributed by atoms with E-state index in [0.29, 0.717) is 6.04 Å². The SMILES string of the molecule is CC(C)=C1C(C/C=C/CCc2ccc(C(F)(F)F)cc2)N1Cc1ccccc1. The van der Waals surface area contributed by atoms with Gasteiger partial charge in [0.25, 0.3) is 0 Å². The molecule has 1 saturated heterocycles. The molecule has 2 aromatic rings. The van der Waals surface area contributed by atoms with Gasteiger partial charge < -0.3 is 4.90 Å². The van der Waals surface area contributed by atoms with Gasteiger partial charge in [-0.1, -0.05) is 60.2 Å². The van der Waals surface area contributed by atoms with E-state index in [1.54, 1.807) is 12.1 Å². The maximum Gasteiger partial charge on any atom is 0.416 e. The van der Waals surface area contributed by atoms with Crippen molar-refractivity contribution < 1.29 is 13.2 Å². The van der Waals surface area contributed by atoms with Gasteiger partial charge in [0, 0.05) is 12.2 Å². The van der Waals surface area contributed by atoms with Crippen molar-refractivity contribution in [3.63, 3.8) is 0 Å². The lowest BCUT2D eigenvalue weighted by Crippen LogP contribution is -2.04. The third-order valence-electron chi connectivity index (χ3n) is 5.05. The summed E-state index contributed by atoms with van der Waals surface area (Å²) in [6, 6.07) is 16.4. The Labute approximate surface area is 165 Å². The minimum absolute atomic E-state index is 0.465. The van der Waals surface area contributed by atoms with Gasteiger partial charge in [-0.05, 0) is 56.4 Å². The predicted octanol–water partition coefficient (Wildman–Crippen LogP) is 6.76. The molecule has 0 aromatic heterocycles. The van der Waals surface area contributed by atoms with E-state index >= 15 is 0 Å². The van der Waals surface area contributed by atoms with Crippen LogP contribution in [0.3, 0.4) is 0 Å². The van der Waals surface area contributed by atoms with E-state index in [2.05, 4.69) is 55.2 Å². The summed E-state index contributed by atoms with van der Waals surface area (Å²) in [6.07, 6.45) is 2.63. The molecule has 1 heterocycles. The fraction of sp³-hybridized carbons (Fsp3) is 0.333. The molecule has 0 N–H and O–H groups in total. The first-order chi connectivity index (χ1) is 13.4. The highest BCUT2D eigenvalue weighted by Crippen LogP contribution is 2.39. The number of halogens is 3. The number of hydrogen-bond donors (Lipinski definition) is 0. The van der Waals surface area contributed by atoms with Crippen LogP contribution in [0.15, 0.2) is 78.0 Å². The third kappa shape index (κ3) is 5.28. The zero-order chi connectivity index (χ0) is 20.1. The van der Waals surface area contributed by atoms with Crippen molar-refractivity contribution in [2.45, 2.75) is 51.9 Å². The Morgan fingerprint density at radius 2 is 1.61 bits per heavy atom. The molecule has 28 heavy (non-hydrogen) atoms. The highest BCUT2D eigenvalue weighted by Gasteiger charge is 2.39. The molecule has 148 valence electrons. The smallest absolute Gasteiger partial charge is 0.360 e. The third-order valence-corrected chi connectivity index (χ3v) is 5.05. The lowest BCUT2D eigenvalue weighted by atomic mass is 10.1. The van der Waals surface area contributed by atoms with Crippen molar-refractivity contribution in [2.24, 2.45) is 0 Å². The second-order valence-corrected chi connectivity index (χ2v) is 7.46. The second-order valence-electron chi connectivity index (χ2n) is 7.46. The molecule has 1 unspecified atom stereocenters. The van der Waals surface area contributed by atoms with Gasteiger partial charge in [0.05, 0.1) is 11.6 Å². The van der Waals surface area contributed by atoms with Gasteiger partial charge in [-0.3, -0.25) is 0 Å². The molecule has 0 saturated carbocycles. The first kappa shape index (κ1) is 20.2. The summed E-state index contributed by atoms with van der Waals surface area (Å²) in [6.45, 7) is 5.24. The Hall–Kier alpha value is -2.49. The molecule has 1 nitrogen and oxygen atoms in total. The van der Waals surface area contributed by atoms with Crippen LogP contribution in [0, 0.1) is 0 Å². The largest absolute Gasteiger partial charge is 0.416 e. The predicted molar refractivity (Wildman–Crippen MR) is 108 cm³/mol.